The van der Waals surface area contributed by atoms with Crippen LogP contribution in [-0.4, -0.2) is 40.2 Å². The van der Waals surface area contributed by atoms with Crippen molar-refractivity contribution in [1.29, 1.82) is 0 Å². The Labute approximate surface area is 184 Å². The van der Waals surface area contributed by atoms with Gasteiger partial charge >= 0.3 is 5.97 Å². The second kappa shape index (κ2) is 10.5. The predicted octanol–water partition coefficient (Wildman–Crippen LogP) is 4.17. The highest BCUT2D eigenvalue weighted by Crippen LogP contribution is 2.29. The fraction of sp³-hybridized carbons (Fsp3) is 0.435. The first kappa shape index (κ1) is 22.9. The minimum atomic E-state index is -4.00. The summed E-state index contributed by atoms with van der Waals surface area (Å²) in [6, 6.07) is 12.9. The number of hydrogen-bond donors (Lipinski definition) is 0. The molecule has 0 unspecified atom stereocenters. The van der Waals surface area contributed by atoms with Crippen molar-refractivity contribution in [3.63, 3.8) is 0 Å². The largest absolute Gasteiger partial charge is 0.494 e. The fourth-order valence-corrected chi connectivity index (χ4v) is 4.94. The van der Waals surface area contributed by atoms with E-state index in [1.165, 1.54) is 12.1 Å². The molecule has 2 aromatic rings. The van der Waals surface area contributed by atoms with Crippen LogP contribution in [0.1, 0.15) is 39.5 Å². The molecule has 0 bridgehead atoms. The van der Waals surface area contributed by atoms with Gasteiger partial charge in [0.1, 0.15) is 18.0 Å². The van der Waals surface area contributed by atoms with Crippen LogP contribution in [0, 0.1) is 0 Å². The van der Waals surface area contributed by atoms with Gasteiger partial charge in [0.15, 0.2) is 0 Å². The standard InChI is InChI=1S/C23H29NO6S/c1-3-28-19-13-15-22(16-14-19)31(26,27)24(17-23(25)29-4-2)18-9-11-21(12-10-18)30-20-7-5-6-8-20/h9-16,20H,3-8,17H2,1-2H3. The first-order valence-corrected chi connectivity index (χ1v) is 12.1. The SMILES string of the molecule is CCOC(=O)CN(c1ccc(OC2CCCC2)cc1)S(=O)(=O)c1ccc(OCC)cc1. The molecule has 31 heavy (non-hydrogen) atoms. The van der Waals surface area contributed by atoms with E-state index in [1.807, 2.05) is 6.92 Å². The minimum absolute atomic E-state index is 0.0616. The third-order valence-electron chi connectivity index (χ3n) is 5.03. The summed E-state index contributed by atoms with van der Waals surface area (Å²) < 4.78 is 44.1. The van der Waals surface area contributed by atoms with Gasteiger partial charge in [0.05, 0.1) is 29.9 Å². The molecule has 3 rings (SSSR count). The molecule has 0 spiro atoms. The second-order valence-electron chi connectivity index (χ2n) is 7.24. The van der Waals surface area contributed by atoms with E-state index in [0.29, 0.717) is 23.8 Å². The third-order valence-corrected chi connectivity index (χ3v) is 6.82. The van der Waals surface area contributed by atoms with Gasteiger partial charge in [-0.3, -0.25) is 9.10 Å². The Balaban J connectivity index is 1.86. The molecule has 8 heteroatoms. The highest BCUT2D eigenvalue weighted by atomic mass is 32.2. The van der Waals surface area contributed by atoms with Crippen LogP contribution in [0.3, 0.4) is 0 Å². The van der Waals surface area contributed by atoms with E-state index in [0.717, 1.165) is 30.0 Å². The summed E-state index contributed by atoms with van der Waals surface area (Å²) in [5, 5.41) is 0. The summed E-state index contributed by atoms with van der Waals surface area (Å²) in [4.78, 5) is 12.2. The van der Waals surface area contributed by atoms with Gasteiger partial charge in [-0.2, -0.15) is 0 Å². The molecule has 0 N–H and O–H groups in total. The van der Waals surface area contributed by atoms with E-state index < -0.39 is 22.5 Å². The second-order valence-corrected chi connectivity index (χ2v) is 9.10. The number of nitrogens with zero attached hydrogens (tertiary/aromatic N) is 1. The summed E-state index contributed by atoms with van der Waals surface area (Å²) in [5.41, 5.74) is 0.362. The van der Waals surface area contributed by atoms with Crippen molar-refractivity contribution in [3.8, 4) is 11.5 Å². The molecule has 1 saturated carbocycles. The van der Waals surface area contributed by atoms with Crippen molar-refractivity contribution in [2.24, 2.45) is 0 Å². The number of benzene rings is 2. The predicted molar refractivity (Wildman–Crippen MR) is 118 cm³/mol. The van der Waals surface area contributed by atoms with Crippen LogP contribution in [0.2, 0.25) is 0 Å². The highest BCUT2D eigenvalue weighted by Gasteiger charge is 2.28. The van der Waals surface area contributed by atoms with Crippen LogP contribution >= 0.6 is 0 Å². The lowest BCUT2D eigenvalue weighted by Gasteiger charge is -2.24. The molecule has 0 aromatic heterocycles. The Kier molecular flexibility index (Phi) is 7.79. The van der Waals surface area contributed by atoms with Crippen molar-refractivity contribution in [3.05, 3.63) is 48.5 Å². The molecule has 2 aromatic carbocycles. The maximum atomic E-state index is 13.4. The zero-order valence-electron chi connectivity index (χ0n) is 18.0. The van der Waals surface area contributed by atoms with Crippen molar-refractivity contribution in [1.82, 2.24) is 0 Å². The van der Waals surface area contributed by atoms with Crippen LogP contribution < -0.4 is 13.8 Å². The van der Waals surface area contributed by atoms with E-state index >= 15 is 0 Å². The number of esters is 1. The quantitative estimate of drug-likeness (QED) is 0.509. The van der Waals surface area contributed by atoms with Gasteiger partial charge in [-0.05, 0) is 88.1 Å². The molecular weight excluding hydrogens is 418 g/mol. The Morgan fingerprint density at radius 3 is 2.13 bits per heavy atom. The lowest BCUT2D eigenvalue weighted by atomic mass is 10.2. The molecule has 1 aliphatic rings. The van der Waals surface area contributed by atoms with Gasteiger partial charge < -0.3 is 14.2 Å². The maximum Gasteiger partial charge on any atom is 0.326 e. The molecule has 0 saturated heterocycles. The van der Waals surface area contributed by atoms with Crippen LogP contribution in [0.4, 0.5) is 5.69 Å². The first-order chi connectivity index (χ1) is 14.9. The van der Waals surface area contributed by atoms with Gasteiger partial charge in [0.2, 0.25) is 0 Å². The van der Waals surface area contributed by atoms with Gasteiger partial charge in [0, 0.05) is 0 Å². The zero-order chi connectivity index (χ0) is 22.3. The lowest BCUT2D eigenvalue weighted by Crippen LogP contribution is -2.36. The van der Waals surface area contributed by atoms with Crippen molar-refractivity contribution >= 4 is 21.7 Å². The molecule has 0 aliphatic heterocycles. The van der Waals surface area contributed by atoms with E-state index in [2.05, 4.69) is 0 Å². The molecular formula is C23H29NO6S. The van der Waals surface area contributed by atoms with Gasteiger partial charge in [0.25, 0.3) is 10.0 Å². The maximum absolute atomic E-state index is 13.4. The van der Waals surface area contributed by atoms with Gasteiger partial charge in [-0.25, -0.2) is 8.42 Å². The average molecular weight is 448 g/mol. The Hall–Kier alpha value is -2.74. The molecule has 1 aliphatic carbocycles. The van der Waals surface area contributed by atoms with Crippen LogP contribution in [0.25, 0.3) is 0 Å². The Morgan fingerprint density at radius 1 is 0.935 bits per heavy atom. The smallest absolute Gasteiger partial charge is 0.326 e. The number of anilines is 1. The van der Waals surface area contributed by atoms with Crippen LogP contribution in [0.15, 0.2) is 53.4 Å². The van der Waals surface area contributed by atoms with Gasteiger partial charge in [-0.1, -0.05) is 0 Å². The molecule has 0 radical (unpaired) electrons. The highest BCUT2D eigenvalue weighted by molar-refractivity contribution is 7.92. The summed E-state index contributed by atoms with van der Waals surface area (Å²) in [5.74, 6) is 0.639. The summed E-state index contributed by atoms with van der Waals surface area (Å²) >= 11 is 0. The van der Waals surface area contributed by atoms with E-state index in [4.69, 9.17) is 14.2 Å². The number of ether oxygens (including phenoxy) is 3. The molecule has 7 nitrogen and oxygen atoms in total. The fourth-order valence-electron chi connectivity index (χ4n) is 3.53. The van der Waals surface area contributed by atoms with E-state index in [-0.39, 0.29) is 17.6 Å². The van der Waals surface area contributed by atoms with Crippen molar-refractivity contribution in [2.75, 3.05) is 24.1 Å². The van der Waals surface area contributed by atoms with E-state index in [1.54, 1.807) is 43.3 Å². The topological polar surface area (TPSA) is 82.1 Å². The Morgan fingerprint density at radius 2 is 1.55 bits per heavy atom. The summed E-state index contributed by atoms with van der Waals surface area (Å²) in [6.07, 6.45) is 4.59. The number of rotatable bonds is 10. The molecule has 0 amide bonds. The van der Waals surface area contributed by atoms with Crippen molar-refractivity contribution in [2.45, 2.75) is 50.5 Å². The van der Waals surface area contributed by atoms with E-state index in [9.17, 15) is 13.2 Å². The number of hydrogen-bond acceptors (Lipinski definition) is 6. The Bertz CT molecular complexity index is 951. The lowest BCUT2D eigenvalue weighted by molar-refractivity contribution is -0.141. The number of carbonyl (C=O) groups is 1. The summed E-state index contributed by atoms with van der Waals surface area (Å²) in [7, 11) is -4.00. The third kappa shape index (κ3) is 5.91. The average Bonchev–Trinajstić information content (AvgIpc) is 3.27. The minimum Gasteiger partial charge on any atom is -0.494 e. The summed E-state index contributed by atoms with van der Waals surface area (Å²) in [6.45, 7) is 3.76. The zero-order valence-corrected chi connectivity index (χ0v) is 18.8. The first-order valence-electron chi connectivity index (χ1n) is 10.6. The number of sulfonamides is 1. The van der Waals surface area contributed by atoms with Gasteiger partial charge in [-0.15, -0.1) is 0 Å². The van der Waals surface area contributed by atoms with Crippen molar-refractivity contribution < 1.29 is 27.4 Å². The monoisotopic (exact) mass is 447 g/mol. The van der Waals surface area contributed by atoms with Crippen LogP contribution in [-0.2, 0) is 19.6 Å². The normalized spacial score (nSPS) is 14.3. The van der Waals surface area contributed by atoms with Crippen LogP contribution in [0.5, 0.6) is 11.5 Å². The molecule has 0 heterocycles. The molecule has 0 atom stereocenters. The number of carbonyl (C=O) groups excluding carboxylic acids is 1. The molecule has 1 fully saturated rings. The molecule has 168 valence electrons.